The molecule has 1 amide bonds. The van der Waals surface area contributed by atoms with Gasteiger partial charge in [-0.25, -0.2) is 0 Å². The molecule has 1 saturated carbocycles. The number of carbonyl (C=O) groups is 1. The Balaban J connectivity index is 1.85. The fourth-order valence-corrected chi connectivity index (χ4v) is 3.60. The molecule has 0 saturated heterocycles. The van der Waals surface area contributed by atoms with Gasteiger partial charge >= 0.3 is 0 Å². The van der Waals surface area contributed by atoms with Gasteiger partial charge in [0.2, 0.25) is 5.91 Å². The van der Waals surface area contributed by atoms with E-state index in [1.165, 1.54) is 37.4 Å². The average Bonchev–Trinajstić information content (AvgIpc) is 2.72. The molecule has 2 rings (SSSR count). The first-order valence-corrected chi connectivity index (χ1v) is 9.18. The number of amides is 1. The molecule has 1 fully saturated rings. The van der Waals surface area contributed by atoms with E-state index < -0.39 is 0 Å². The van der Waals surface area contributed by atoms with Gasteiger partial charge in [0.15, 0.2) is 5.16 Å². The van der Waals surface area contributed by atoms with Crippen molar-refractivity contribution in [3.8, 4) is 0 Å². The molecule has 0 aliphatic heterocycles. The summed E-state index contributed by atoms with van der Waals surface area (Å²) in [6.45, 7) is 6.50. The van der Waals surface area contributed by atoms with Gasteiger partial charge in [0.05, 0.1) is 5.75 Å². The van der Waals surface area contributed by atoms with Gasteiger partial charge in [0.25, 0.3) is 0 Å². The second kappa shape index (κ2) is 8.98. The van der Waals surface area contributed by atoms with E-state index in [0.717, 1.165) is 30.2 Å². The van der Waals surface area contributed by atoms with Crippen molar-refractivity contribution in [2.24, 2.45) is 0 Å². The lowest BCUT2D eigenvalue weighted by atomic mass is 10.1. The van der Waals surface area contributed by atoms with E-state index in [0.29, 0.717) is 18.3 Å². The van der Waals surface area contributed by atoms with E-state index in [2.05, 4.69) is 29.0 Å². The Labute approximate surface area is 137 Å². The van der Waals surface area contributed by atoms with Gasteiger partial charge in [0.1, 0.15) is 5.82 Å². The van der Waals surface area contributed by atoms with E-state index in [-0.39, 0.29) is 5.91 Å². The van der Waals surface area contributed by atoms with Crippen LogP contribution in [-0.2, 0) is 17.8 Å². The van der Waals surface area contributed by atoms with Crippen LogP contribution in [0.25, 0.3) is 0 Å². The number of nitrogens with zero attached hydrogens (tertiary/aromatic N) is 3. The number of thioether (sulfide) groups is 1. The second-order valence-corrected chi connectivity index (χ2v) is 6.64. The largest absolute Gasteiger partial charge is 0.353 e. The number of nitrogens with one attached hydrogen (secondary N) is 1. The molecule has 122 valence electrons. The molecule has 1 aliphatic rings. The van der Waals surface area contributed by atoms with Crippen LogP contribution in [0, 0.1) is 0 Å². The van der Waals surface area contributed by atoms with Crippen LogP contribution in [0.1, 0.15) is 51.3 Å². The smallest absolute Gasteiger partial charge is 0.230 e. The minimum Gasteiger partial charge on any atom is -0.353 e. The molecule has 0 bridgehead atoms. The normalized spacial score (nSPS) is 16.2. The van der Waals surface area contributed by atoms with Crippen molar-refractivity contribution >= 4 is 17.7 Å². The van der Waals surface area contributed by atoms with E-state index in [1.54, 1.807) is 0 Å². The summed E-state index contributed by atoms with van der Waals surface area (Å²) in [5, 5.41) is 12.3. The molecular formula is C16H26N4OS. The molecule has 1 aromatic rings. The number of aromatic nitrogens is 3. The Morgan fingerprint density at radius 3 is 2.73 bits per heavy atom. The van der Waals surface area contributed by atoms with Gasteiger partial charge in [0, 0.05) is 19.0 Å². The summed E-state index contributed by atoms with van der Waals surface area (Å²) in [5.41, 5.74) is 0. The molecule has 1 aliphatic carbocycles. The first-order valence-electron chi connectivity index (χ1n) is 8.19. The summed E-state index contributed by atoms with van der Waals surface area (Å²) in [4.78, 5) is 12.1. The van der Waals surface area contributed by atoms with Crippen molar-refractivity contribution in [2.45, 2.75) is 69.6 Å². The zero-order valence-corrected chi connectivity index (χ0v) is 14.2. The van der Waals surface area contributed by atoms with Gasteiger partial charge < -0.3 is 9.88 Å². The lowest BCUT2D eigenvalue weighted by Crippen LogP contribution is -2.35. The van der Waals surface area contributed by atoms with Gasteiger partial charge in [-0.2, -0.15) is 0 Å². The predicted molar refractivity (Wildman–Crippen MR) is 90.0 cm³/mol. The molecule has 5 nitrogen and oxygen atoms in total. The molecule has 22 heavy (non-hydrogen) atoms. The highest BCUT2D eigenvalue weighted by atomic mass is 32.2. The van der Waals surface area contributed by atoms with Crippen LogP contribution in [0.3, 0.4) is 0 Å². The highest BCUT2D eigenvalue weighted by molar-refractivity contribution is 7.99. The van der Waals surface area contributed by atoms with Crippen LogP contribution in [0.5, 0.6) is 0 Å². The van der Waals surface area contributed by atoms with Crippen molar-refractivity contribution in [3.63, 3.8) is 0 Å². The van der Waals surface area contributed by atoms with Crippen molar-refractivity contribution in [1.82, 2.24) is 20.1 Å². The third-order valence-electron chi connectivity index (χ3n) is 3.97. The number of carbonyl (C=O) groups excluding carboxylic acids is 1. The summed E-state index contributed by atoms with van der Waals surface area (Å²) in [7, 11) is 0. The second-order valence-electron chi connectivity index (χ2n) is 5.70. The van der Waals surface area contributed by atoms with E-state index >= 15 is 0 Å². The minimum atomic E-state index is 0.100. The van der Waals surface area contributed by atoms with E-state index in [9.17, 15) is 4.79 Å². The number of rotatable bonds is 7. The minimum absolute atomic E-state index is 0.100. The molecule has 1 heterocycles. The zero-order chi connectivity index (χ0) is 15.8. The van der Waals surface area contributed by atoms with Gasteiger partial charge in [-0.15, -0.1) is 16.8 Å². The van der Waals surface area contributed by atoms with Crippen LogP contribution in [-0.4, -0.2) is 32.5 Å². The molecule has 0 aromatic carbocycles. The van der Waals surface area contributed by atoms with Crippen LogP contribution >= 0.6 is 11.8 Å². The van der Waals surface area contributed by atoms with E-state index in [1.807, 2.05) is 10.6 Å². The maximum atomic E-state index is 12.1. The molecule has 0 atom stereocenters. The first kappa shape index (κ1) is 17.1. The first-order chi connectivity index (χ1) is 10.7. The monoisotopic (exact) mass is 322 g/mol. The van der Waals surface area contributed by atoms with Crippen LogP contribution in [0.15, 0.2) is 17.8 Å². The van der Waals surface area contributed by atoms with Crippen LogP contribution in [0.4, 0.5) is 0 Å². The third-order valence-corrected chi connectivity index (χ3v) is 4.94. The number of aryl methyl sites for hydroxylation is 1. The molecule has 6 heteroatoms. The molecule has 0 radical (unpaired) electrons. The average molecular weight is 322 g/mol. The van der Waals surface area contributed by atoms with Gasteiger partial charge in [-0.3, -0.25) is 4.79 Å². The lowest BCUT2D eigenvalue weighted by molar-refractivity contribution is -0.119. The summed E-state index contributed by atoms with van der Waals surface area (Å²) >= 11 is 1.45. The molecule has 0 unspecified atom stereocenters. The van der Waals surface area contributed by atoms with Crippen molar-refractivity contribution in [2.75, 3.05) is 5.75 Å². The summed E-state index contributed by atoms with van der Waals surface area (Å²) in [5.74, 6) is 1.44. The fraction of sp³-hybridized carbons (Fsp3) is 0.688. The predicted octanol–water partition coefficient (Wildman–Crippen LogP) is 2.96. The standard InChI is InChI=1S/C16H26N4OS/c1-3-11-20-14(4-2)18-19-16(20)22-12-15(21)17-13-9-7-5-6-8-10-13/h3,13H,1,4-12H2,2H3,(H,17,21). The highest BCUT2D eigenvalue weighted by Gasteiger charge is 2.16. The molecule has 0 spiro atoms. The maximum Gasteiger partial charge on any atom is 0.230 e. The number of allylic oxidation sites excluding steroid dienone is 1. The topological polar surface area (TPSA) is 59.8 Å². The molecular weight excluding hydrogens is 296 g/mol. The lowest BCUT2D eigenvalue weighted by Gasteiger charge is -2.15. The Morgan fingerprint density at radius 2 is 2.09 bits per heavy atom. The third kappa shape index (κ3) is 4.87. The number of hydrogen-bond donors (Lipinski definition) is 1. The maximum absolute atomic E-state index is 12.1. The highest BCUT2D eigenvalue weighted by Crippen LogP contribution is 2.19. The Kier molecular flexibility index (Phi) is 6.96. The van der Waals surface area contributed by atoms with Crippen molar-refractivity contribution < 1.29 is 4.79 Å². The zero-order valence-electron chi connectivity index (χ0n) is 13.4. The summed E-state index contributed by atoms with van der Waals surface area (Å²) in [6, 6.07) is 0.354. The summed E-state index contributed by atoms with van der Waals surface area (Å²) < 4.78 is 2.02. The van der Waals surface area contributed by atoms with Gasteiger partial charge in [-0.05, 0) is 12.8 Å². The quantitative estimate of drug-likeness (QED) is 0.476. The van der Waals surface area contributed by atoms with Crippen molar-refractivity contribution in [3.05, 3.63) is 18.5 Å². The van der Waals surface area contributed by atoms with Crippen LogP contribution < -0.4 is 5.32 Å². The Morgan fingerprint density at radius 1 is 1.36 bits per heavy atom. The molecule has 1 N–H and O–H groups in total. The van der Waals surface area contributed by atoms with Gasteiger partial charge in [-0.1, -0.05) is 50.4 Å². The number of hydrogen-bond acceptors (Lipinski definition) is 4. The Bertz CT molecular complexity index is 492. The summed E-state index contributed by atoms with van der Waals surface area (Å²) in [6.07, 6.45) is 9.94. The molecule has 1 aromatic heterocycles. The SMILES string of the molecule is C=CCn1c(CC)nnc1SCC(=O)NC1CCCCCC1. The fourth-order valence-electron chi connectivity index (χ4n) is 2.82. The van der Waals surface area contributed by atoms with Crippen molar-refractivity contribution in [1.29, 1.82) is 0 Å². The van der Waals surface area contributed by atoms with Crippen LogP contribution in [0.2, 0.25) is 0 Å². The Hall–Kier alpha value is -1.30. The van der Waals surface area contributed by atoms with E-state index in [4.69, 9.17) is 0 Å².